The van der Waals surface area contributed by atoms with E-state index in [4.69, 9.17) is 4.42 Å². The molecule has 0 amide bonds. The summed E-state index contributed by atoms with van der Waals surface area (Å²) in [7, 11) is 0. The van der Waals surface area contributed by atoms with Crippen LogP contribution in [0.25, 0.3) is 16.5 Å². The van der Waals surface area contributed by atoms with Crippen LogP contribution in [-0.2, 0) is 0 Å². The van der Waals surface area contributed by atoms with Crippen molar-refractivity contribution in [1.82, 2.24) is 4.40 Å². The van der Waals surface area contributed by atoms with E-state index in [-0.39, 0.29) is 0 Å². The van der Waals surface area contributed by atoms with Gasteiger partial charge >= 0.3 is 0 Å². The first-order chi connectivity index (χ1) is 6.34. The summed E-state index contributed by atoms with van der Waals surface area (Å²) in [6.45, 7) is 1.97. The first kappa shape index (κ1) is 6.78. The number of aryl methyl sites for hydroxylation is 1. The predicted molar refractivity (Wildman–Crippen MR) is 51.9 cm³/mol. The van der Waals surface area contributed by atoms with Gasteiger partial charge in [0.2, 0.25) is 0 Å². The van der Waals surface area contributed by atoms with Gasteiger partial charge in [0.15, 0.2) is 5.58 Å². The summed E-state index contributed by atoms with van der Waals surface area (Å²) < 4.78 is 7.61. The van der Waals surface area contributed by atoms with Gasteiger partial charge in [-0.1, -0.05) is 6.07 Å². The molecule has 0 fully saturated rings. The Morgan fingerprint density at radius 3 is 3.15 bits per heavy atom. The van der Waals surface area contributed by atoms with E-state index in [2.05, 4.69) is 16.5 Å². The average Bonchev–Trinajstić information content (AvgIpc) is 2.60. The Morgan fingerprint density at radius 1 is 1.31 bits per heavy atom. The molecule has 0 atom stereocenters. The highest BCUT2D eigenvalue weighted by atomic mass is 16.3. The van der Waals surface area contributed by atoms with Gasteiger partial charge in [0.05, 0.1) is 11.7 Å². The Kier molecular flexibility index (Phi) is 1.13. The summed E-state index contributed by atoms with van der Waals surface area (Å²) in [5.41, 5.74) is 2.16. The van der Waals surface area contributed by atoms with Crippen molar-refractivity contribution in [2.45, 2.75) is 6.92 Å². The number of nitrogens with zero attached hydrogens (tertiary/aromatic N) is 1. The van der Waals surface area contributed by atoms with E-state index in [9.17, 15) is 0 Å². The zero-order valence-corrected chi connectivity index (χ0v) is 7.32. The average molecular weight is 171 g/mol. The van der Waals surface area contributed by atoms with Crippen LogP contribution in [0.4, 0.5) is 0 Å². The highest BCUT2D eigenvalue weighted by Gasteiger charge is 2.05. The summed E-state index contributed by atoms with van der Waals surface area (Å²) in [5.74, 6) is 0.969. The van der Waals surface area contributed by atoms with E-state index in [0.717, 1.165) is 11.3 Å². The van der Waals surface area contributed by atoms with Gasteiger partial charge in [-0.15, -0.1) is 0 Å². The third-order valence-corrected chi connectivity index (χ3v) is 2.31. The van der Waals surface area contributed by atoms with Crippen molar-refractivity contribution in [1.29, 1.82) is 0 Å². The molecule has 3 rings (SSSR count). The second kappa shape index (κ2) is 2.16. The molecule has 0 aliphatic rings. The van der Waals surface area contributed by atoms with Crippen molar-refractivity contribution in [3.63, 3.8) is 0 Å². The summed E-state index contributed by atoms with van der Waals surface area (Å²) >= 11 is 0. The molecule has 0 aliphatic carbocycles. The van der Waals surface area contributed by atoms with E-state index in [1.807, 2.05) is 31.5 Å². The normalized spacial score (nSPS) is 11.5. The molecule has 0 radical (unpaired) electrons. The summed E-state index contributed by atoms with van der Waals surface area (Å²) in [4.78, 5) is 0. The molecule has 0 spiro atoms. The molecule has 0 saturated carbocycles. The van der Waals surface area contributed by atoms with Crippen LogP contribution < -0.4 is 0 Å². The molecule has 64 valence electrons. The number of aromatic nitrogens is 1. The Hall–Kier alpha value is -1.70. The maximum atomic E-state index is 5.53. The molecule has 0 unspecified atom stereocenters. The molecule has 2 heteroatoms. The SMILES string of the molecule is Cc1cc2c(cn3ccccc23)o1. The van der Waals surface area contributed by atoms with Crippen molar-refractivity contribution < 1.29 is 4.42 Å². The zero-order valence-electron chi connectivity index (χ0n) is 7.32. The Morgan fingerprint density at radius 2 is 2.23 bits per heavy atom. The molecule has 3 aromatic heterocycles. The Balaban J connectivity index is 2.60. The third kappa shape index (κ3) is 0.827. The van der Waals surface area contributed by atoms with Crippen molar-refractivity contribution >= 4 is 16.5 Å². The molecule has 2 nitrogen and oxygen atoms in total. The van der Waals surface area contributed by atoms with Crippen molar-refractivity contribution in [3.8, 4) is 0 Å². The molecule has 3 aromatic rings. The number of hydrogen-bond donors (Lipinski definition) is 0. The van der Waals surface area contributed by atoms with Gasteiger partial charge in [0.1, 0.15) is 5.76 Å². The minimum atomic E-state index is 0.962. The number of fused-ring (bicyclic) bond motifs is 3. The van der Waals surface area contributed by atoms with E-state index < -0.39 is 0 Å². The highest BCUT2D eigenvalue weighted by molar-refractivity contribution is 5.94. The van der Waals surface area contributed by atoms with Crippen LogP contribution in [0.2, 0.25) is 0 Å². The van der Waals surface area contributed by atoms with Crippen LogP contribution in [0.3, 0.4) is 0 Å². The number of rotatable bonds is 0. The van der Waals surface area contributed by atoms with Gasteiger partial charge in [0, 0.05) is 11.6 Å². The van der Waals surface area contributed by atoms with Crippen molar-refractivity contribution in [3.05, 3.63) is 42.4 Å². The maximum absolute atomic E-state index is 5.53. The molecule has 0 saturated heterocycles. The predicted octanol–water partition coefficient (Wildman–Crippen LogP) is 2.99. The molecule has 0 N–H and O–H groups in total. The Bertz CT molecular complexity index is 574. The summed E-state index contributed by atoms with van der Waals surface area (Å²) in [5, 5.41) is 1.19. The fourth-order valence-corrected chi connectivity index (χ4v) is 1.75. The van der Waals surface area contributed by atoms with Gasteiger partial charge in [0.25, 0.3) is 0 Å². The van der Waals surface area contributed by atoms with E-state index in [1.54, 1.807) is 0 Å². The molecule has 0 aromatic carbocycles. The van der Waals surface area contributed by atoms with Crippen molar-refractivity contribution in [2.24, 2.45) is 0 Å². The van der Waals surface area contributed by atoms with Crippen LogP contribution in [0.1, 0.15) is 5.76 Å². The van der Waals surface area contributed by atoms with Crippen molar-refractivity contribution in [2.75, 3.05) is 0 Å². The lowest BCUT2D eigenvalue weighted by Gasteiger charge is -1.90. The molecular weight excluding hydrogens is 162 g/mol. The molecule has 0 bridgehead atoms. The second-order valence-electron chi connectivity index (χ2n) is 3.26. The van der Waals surface area contributed by atoms with E-state index in [1.165, 1.54) is 10.9 Å². The first-order valence-corrected chi connectivity index (χ1v) is 4.30. The number of hydrogen-bond acceptors (Lipinski definition) is 1. The minimum absolute atomic E-state index is 0.962. The fraction of sp³-hybridized carbons (Fsp3) is 0.0909. The topological polar surface area (TPSA) is 17.6 Å². The highest BCUT2D eigenvalue weighted by Crippen LogP contribution is 2.24. The summed E-state index contributed by atoms with van der Waals surface area (Å²) in [6.07, 6.45) is 4.04. The largest absolute Gasteiger partial charge is 0.460 e. The van der Waals surface area contributed by atoms with Gasteiger partial charge in [-0.3, -0.25) is 0 Å². The van der Waals surface area contributed by atoms with Crippen LogP contribution in [0, 0.1) is 6.92 Å². The van der Waals surface area contributed by atoms with Gasteiger partial charge in [-0.05, 0) is 25.1 Å². The molecule has 3 heterocycles. The molecular formula is C11H9NO. The minimum Gasteiger partial charge on any atom is -0.460 e. The van der Waals surface area contributed by atoms with E-state index in [0.29, 0.717) is 0 Å². The van der Waals surface area contributed by atoms with Gasteiger partial charge in [-0.25, -0.2) is 0 Å². The molecule has 0 aliphatic heterocycles. The number of furan rings is 1. The van der Waals surface area contributed by atoms with Gasteiger partial charge in [-0.2, -0.15) is 0 Å². The van der Waals surface area contributed by atoms with Gasteiger partial charge < -0.3 is 8.82 Å². The van der Waals surface area contributed by atoms with Crippen LogP contribution in [0.15, 0.2) is 41.1 Å². The molecule has 13 heavy (non-hydrogen) atoms. The van der Waals surface area contributed by atoms with Crippen LogP contribution in [-0.4, -0.2) is 4.40 Å². The lowest BCUT2D eigenvalue weighted by Crippen LogP contribution is -1.77. The quantitative estimate of drug-likeness (QED) is 0.508. The first-order valence-electron chi connectivity index (χ1n) is 4.30. The van der Waals surface area contributed by atoms with Crippen LogP contribution in [0.5, 0.6) is 0 Å². The lowest BCUT2D eigenvalue weighted by atomic mass is 10.3. The zero-order chi connectivity index (χ0) is 8.84. The Labute approximate surface area is 75.4 Å². The van der Waals surface area contributed by atoms with Crippen LogP contribution >= 0.6 is 0 Å². The smallest absolute Gasteiger partial charge is 0.152 e. The number of pyridine rings is 1. The summed E-state index contributed by atoms with van der Waals surface area (Å²) in [6, 6.07) is 8.22. The lowest BCUT2D eigenvalue weighted by molar-refractivity contribution is 0.577. The third-order valence-electron chi connectivity index (χ3n) is 2.31. The fourth-order valence-electron chi connectivity index (χ4n) is 1.75. The standard InChI is InChI=1S/C11H9NO/c1-8-6-9-10-4-2-3-5-12(10)7-11(9)13-8/h2-7H,1H3. The maximum Gasteiger partial charge on any atom is 0.152 e. The van der Waals surface area contributed by atoms with E-state index >= 15 is 0 Å². The monoisotopic (exact) mass is 171 g/mol. The second-order valence-corrected chi connectivity index (χ2v) is 3.26.